The van der Waals surface area contributed by atoms with E-state index in [4.69, 9.17) is 0 Å². The molecular formula is C22H26N4O4S. The summed E-state index contributed by atoms with van der Waals surface area (Å²) in [5.41, 5.74) is 2.93. The summed E-state index contributed by atoms with van der Waals surface area (Å²) in [6.07, 6.45) is 1.60. The first-order chi connectivity index (χ1) is 14.8. The van der Waals surface area contributed by atoms with Crippen LogP contribution in [-0.4, -0.2) is 24.1 Å². The molecule has 2 N–H and O–H groups in total. The average molecular weight is 443 g/mol. The number of rotatable bonds is 8. The number of fused-ring (bicyclic) bond motifs is 1. The Morgan fingerprint density at radius 1 is 1.06 bits per heavy atom. The van der Waals surface area contributed by atoms with Crippen molar-refractivity contribution < 1.29 is 13.2 Å². The average Bonchev–Trinajstić information content (AvgIpc) is 2.79. The number of benzene rings is 2. The molecule has 0 bridgehead atoms. The van der Waals surface area contributed by atoms with Crippen molar-refractivity contribution in [2.75, 3.05) is 0 Å². The van der Waals surface area contributed by atoms with Gasteiger partial charge in [-0.25, -0.2) is 13.1 Å². The third kappa shape index (κ3) is 4.83. The Labute approximate surface area is 181 Å². The fourth-order valence-electron chi connectivity index (χ4n) is 3.21. The first kappa shape index (κ1) is 22.6. The summed E-state index contributed by atoms with van der Waals surface area (Å²) in [4.78, 5) is 27.5. The largest absolute Gasteiger partial charge is 0.287 e. The number of aryl methyl sites for hydroxylation is 1. The highest BCUT2D eigenvalue weighted by molar-refractivity contribution is 7.89. The fourth-order valence-corrected chi connectivity index (χ4v) is 4.05. The van der Waals surface area contributed by atoms with Crippen LogP contribution in [0.25, 0.3) is 10.8 Å². The van der Waals surface area contributed by atoms with Crippen LogP contribution >= 0.6 is 0 Å². The van der Waals surface area contributed by atoms with Crippen molar-refractivity contribution >= 4 is 26.7 Å². The second-order valence-electron chi connectivity index (χ2n) is 7.36. The molecule has 1 atom stereocenters. The van der Waals surface area contributed by atoms with E-state index in [-0.39, 0.29) is 16.1 Å². The maximum absolute atomic E-state index is 12.8. The van der Waals surface area contributed by atoms with Crippen LogP contribution in [0.2, 0.25) is 0 Å². The van der Waals surface area contributed by atoms with Crippen LogP contribution in [0.5, 0.6) is 0 Å². The van der Waals surface area contributed by atoms with Gasteiger partial charge in [0.25, 0.3) is 21.5 Å². The zero-order valence-corrected chi connectivity index (χ0v) is 18.6. The maximum atomic E-state index is 12.8. The fraction of sp³-hybridized carbons (Fsp3) is 0.318. The van der Waals surface area contributed by atoms with Gasteiger partial charge < -0.3 is 0 Å². The van der Waals surface area contributed by atoms with Gasteiger partial charge in [-0.15, -0.1) is 4.83 Å². The summed E-state index contributed by atoms with van der Waals surface area (Å²) in [6.45, 7) is 6.37. The van der Waals surface area contributed by atoms with Crippen molar-refractivity contribution in [3.05, 3.63) is 70.1 Å². The van der Waals surface area contributed by atoms with E-state index in [1.54, 1.807) is 36.4 Å². The molecular weight excluding hydrogens is 416 g/mol. The normalized spacial score (nSPS) is 12.6. The van der Waals surface area contributed by atoms with Gasteiger partial charge in [0.15, 0.2) is 5.69 Å². The predicted molar refractivity (Wildman–Crippen MR) is 119 cm³/mol. The van der Waals surface area contributed by atoms with Gasteiger partial charge in [0.05, 0.1) is 10.3 Å². The Balaban J connectivity index is 1.85. The SMILES string of the molecule is CCCn1nc(C(=O)NNS(=O)(=O)c2ccc([C@H](C)CC)cc2)c2ccccc2c1=O. The molecule has 0 saturated heterocycles. The number of carbonyl (C=O) groups is 1. The Bertz CT molecular complexity index is 1250. The topological polar surface area (TPSA) is 110 Å². The minimum atomic E-state index is -3.97. The predicted octanol–water partition coefficient (Wildman–Crippen LogP) is 2.94. The van der Waals surface area contributed by atoms with Gasteiger partial charge in [-0.2, -0.15) is 5.10 Å². The van der Waals surface area contributed by atoms with E-state index in [1.165, 1.54) is 16.8 Å². The molecule has 31 heavy (non-hydrogen) atoms. The molecule has 3 aromatic rings. The molecule has 0 spiro atoms. The Morgan fingerprint density at radius 3 is 2.32 bits per heavy atom. The van der Waals surface area contributed by atoms with Gasteiger partial charge in [0.1, 0.15) is 0 Å². The van der Waals surface area contributed by atoms with Crippen molar-refractivity contribution in [2.24, 2.45) is 0 Å². The third-order valence-electron chi connectivity index (χ3n) is 5.19. The maximum Gasteiger partial charge on any atom is 0.287 e. The smallest absolute Gasteiger partial charge is 0.272 e. The van der Waals surface area contributed by atoms with Crippen LogP contribution in [0.4, 0.5) is 0 Å². The highest BCUT2D eigenvalue weighted by atomic mass is 32.2. The Morgan fingerprint density at radius 2 is 1.71 bits per heavy atom. The van der Waals surface area contributed by atoms with Crippen LogP contribution in [0.15, 0.2) is 58.2 Å². The summed E-state index contributed by atoms with van der Waals surface area (Å²) < 4.78 is 26.4. The standard InChI is InChI=1S/C22H26N4O4S/c1-4-14-26-22(28)19-9-7-6-8-18(19)20(24-26)21(27)23-25-31(29,30)17-12-10-16(11-13-17)15(3)5-2/h6-13,15,25H,4-5,14H2,1-3H3,(H,23,27)/t15-/m1/s1. The second kappa shape index (κ2) is 9.40. The van der Waals surface area contributed by atoms with Crippen molar-refractivity contribution in [1.29, 1.82) is 0 Å². The molecule has 0 fully saturated rings. The second-order valence-corrected chi connectivity index (χ2v) is 9.04. The van der Waals surface area contributed by atoms with E-state index in [2.05, 4.69) is 29.2 Å². The number of hydrogen-bond donors (Lipinski definition) is 2. The monoisotopic (exact) mass is 442 g/mol. The van der Waals surface area contributed by atoms with Gasteiger partial charge in [0.2, 0.25) is 0 Å². The molecule has 0 saturated carbocycles. The molecule has 0 unspecified atom stereocenters. The van der Waals surface area contributed by atoms with Crippen LogP contribution in [-0.2, 0) is 16.6 Å². The number of aromatic nitrogens is 2. The van der Waals surface area contributed by atoms with E-state index in [0.717, 1.165) is 12.0 Å². The first-order valence-corrected chi connectivity index (χ1v) is 11.7. The number of nitrogens with zero attached hydrogens (tertiary/aromatic N) is 2. The number of carbonyl (C=O) groups excluding carboxylic acids is 1. The highest BCUT2D eigenvalue weighted by Crippen LogP contribution is 2.20. The van der Waals surface area contributed by atoms with E-state index in [1.807, 2.05) is 6.92 Å². The summed E-state index contributed by atoms with van der Waals surface area (Å²) in [5, 5.41) is 4.86. The minimum absolute atomic E-state index is 0.0292. The van der Waals surface area contributed by atoms with Gasteiger partial charge >= 0.3 is 0 Å². The van der Waals surface area contributed by atoms with Crippen molar-refractivity contribution in [1.82, 2.24) is 20.0 Å². The highest BCUT2D eigenvalue weighted by Gasteiger charge is 2.20. The van der Waals surface area contributed by atoms with Crippen molar-refractivity contribution in [2.45, 2.75) is 51.0 Å². The Kier molecular flexibility index (Phi) is 6.87. The van der Waals surface area contributed by atoms with E-state index < -0.39 is 15.9 Å². The van der Waals surface area contributed by atoms with Crippen LogP contribution in [0.1, 0.15) is 55.6 Å². The zero-order valence-electron chi connectivity index (χ0n) is 17.8. The lowest BCUT2D eigenvalue weighted by Crippen LogP contribution is -2.42. The minimum Gasteiger partial charge on any atom is -0.272 e. The lowest BCUT2D eigenvalue weighted by atomic mass is 9.99. The molecule has 1 amide bonds. The molecule has 3 rings (SSSR count). The van der Waals surface area contributed by atoms with Crippen LogP contribution < -0.4 is 15.8 Å². The summed E-state index contributed by atoms with van der Waals surface area (Å²) >= 11 is 0. The van der Waals surface area contributed by atoms with Gasteiger partial charge in [0, 0.05) is 11.9 Å². The quantitative estimate of drug-likeness (QED) is 0.521. The van der Waals surface area contributed by atoms with Gasteiger partial charge in [-0.05, 0) is 42.5 Å². The molecule has 1 aromatic heterocycles. The van der Waals surface area contributed by atoms with Crippen LogP contribution in [0.3, 0.4) is 0 Å². The van der Waals surface area contributed by atoms with Crippen molar-refractivity contribution in [3.8, 4) is 0 Å². The van der Waals surface area contributed by atoms with E-state index in [9.17, 15) is 18.0 Å². The van der Waals surface area contributed by atoms with Gasteiger partial charge in [-0.1, -0.05) is 51.1 Å². The summed E-state index contributed by atoms with van der Waals surface area (Å²) in [6, 6.07) is 13.2. The van der Waals surface area contributed by atoms with E-state index >= 15 is 0 Å². The molecule has 9 heteroatoms. The van der Waals surface area contributed by atoms with Gasteiger partial charge in [-0.3, -0.25) is 15.0 Å². The number of sulfonamides is 1. The summed E-state index contributed by atoms with van der Waals surface area (Å²) in [5.74, 6) is -0.427. The van der Waals surface area contributed by atoms with Crippen LogP contribution in [0, 0.1) is 0 Å². The molecule has 0 aliphatic heterocycles. The number of hydrogen-bond acceptors (Lipinski definition) is 5. The molecule has 1 heterocycles. The zero-order chi connectivity index (χ0) is 22.6. The number of nitrogens with one attached hydrogen (secondary N) is 2. The molecule has 164 valence electrons. The third-order valence-corrected chi connectivity index (χ3v) is 6.45. The lowest BCUT2D eigenvalue weighted by molar-refractivity contribution is 0.0939. The summed E-state index contributed by atoms with van der Waals surface area (Å²) in [7, 11) is -3.97. The van der Waals surface area contributed by atoms with Crippen molar-refractivity contribution in [3.63, 3.8) is 0 Å². The number of amides is 1. The molecule has 2 aromatic carbocycles. The Hall–Kier alpha value is -3.04. The molecule has 0 aliphatic carbocycles. The number of hydrazine groups is 1. The molecule has 0 aliphatic rings. The lowest BCUT2D eigenvalue weighted by Gasteiger charge is -2.13. The molecule has 8 nitrogen and oxygen atoms in total. The van der Waals surface area contributed by atoms with E-state index in [0.29, 0.717) is 29.7 Å². The molecule has 0 radical (unpaired) electrons. The first-order valence-electron chi connectivity index (χ1n) is 10.2.